The van der Waals surface area contributed by atoms with Gasteiger partial charge in [-0.3, -0.25) is 4.90 Å². The SMILES string of the molecule is C=CCN(CC=C)CCCCCCCCCCCCCCCCCCCCCC. The van der Waals surface area contributed by atoms with Crippen molar-refractivity contribution >= 4 is 0 Å². The zero-order chi connectivity index (χ0) is 21.3. The summed E-state index contributed by atoms with van der Waals surface area (Å²) in [6.45, 7) is 13.2. The Labute approximate surface area is 185 Å². The third-order valence-corrected chi connectivity index (χ3v) is 6.10. The molecule has 0 spiro atoms. The third-order valence-electron chi connectivity index (χ3n) is 6.10. The molecule has 0 aliphatic rings. The first-order chi connectivity index (χ1) is 14.3. The third kappa shape index (κ3) is 23.6. The van der Waals surface area contributed by atoms with Crippen molar-refractivity contribution in [3.63, 3.8) is 0 Å². The molecule has 0 bridgehead atoms. The average molecular weight is 406 g/mol. The number of unbranched alkanes of at least 4 members (excludes halogenated alkanes) is 19. The maximum Gasteiger partial charge on any atom is 0.0163 e. The zero-order valence-corrected chi connectivity index (χ0v) is 20.3. The Morgan fingerprint density at radius 3 is 1.00 bits per heavy atom. The predicted octanol–water partition coefficient (Wildman–Crippen LogP) is 9.48. The van der Waals surface area contributed by atoms with E-state index in [-0.39, 0.29) is 0 Å². The summed E-state index contributed by atoms with van der Waals surface area (Å²) in [6, 6.07) is 0. The Bertz CT molecular complexity index is 312. The fourth-order valence-electron chi connectivity index (χ4n) is 4.21. The Kier molecular flexibility index (Phi) is 25.0. The minimum Gasteiger partial charge on any atom is -0.296 e. The lowest BCUT2D eigenvalue weighted by Crippen LogP contribution is -2.24. The highest BCUT2D eigenvalue weighted by atomic mass is 15.1. The smallest absolute Gasteiger partial charge is 0.0163 e. The summed E-state index contributed by atoms with van der Waals surface area (Å²) in [5.41, 5.74) is 0. The minimum absolute atomic E-state index is 0.991. The largest absolute Gasteiger partial charge is 0.296 e. The first kappa shape index (κ1) is 28.4. The molecule has 0 aromatic heterocycles. The summed E-state index contributed by atoms with van der Waals surface area (Å²) in [4.78, 5) is 2.43. The fourth-order valence-corrected chi connectivity index (χ4v) is 4.21. The van der Waals surface area contributed by atoms with Gasteiger partial charge in [-0.05, 0) is 13.0 Å². The normalized spacial score (nSPS) is 11.2. The van der Waals surface area contributed by atoms with E-state index in [0.717, 1.165) is 13.1 Å². The van der Waals surface area contributed by atoms with Crippen molar-refractivity contribution in [1.82, 2.24) is 4.90 Å². The van der Waals surface area contributed by atoms with E-state index in [2.05, 4.69) is 25.0 Å². The fraction of sp³-hybridized carbons (Fsp3) is 0.857. The first-order valence-electron chi connectivity index (χ1n) is 13.3. The van der Waals surface area contributed by atoms with Gasteiger partial charge >= 0.3 is 0 Å². The number of nitrogens with zero attached hydrogens (tertiary/aromatic N) is 1. The molecule has 0 atom stereocenters. The van der Waals surface area contributed by atoms with Gasteiger partial charge in [0.2, 0.25) is 0 Å². The second kappa shape index (κ2) is 25.5. The molecule has 0 aliphatic heterocycles. The van der Waals surface area contributed by atoms with Crippen LogP contribution in [0.1, 0.15) is 135 Å². The summed E-state index contributed by atoms with van der Waals surface area (Å²) in [5, 5.41) is 0. The zero-order valence-electron chi connectivity index (χ0n) is 20.3. The van der Waals surface area contributed by atoms with Crippen LogP contribution in [0.15, 0.2) is 25.3 Å². The molecule has 0 heterocycles. The van der Waals surface area contributed by atoms with Crippen molar-refractivity contribution in [3.05, 3.63) is 25.3 Å². The molecule has 1 nitrogen and oxygen atoms in total. The second-order valence-electron chi connectivity index (χ2n) is 9.05. The Morgan fingerprint density at radius 1 is 0.448 bits per heavy atom. The van der Waals surface area contributed by atoms with Crippen LogP contribution in [-0.4, -0.2) is 24.5 Å². The van der Waals surface area contributed by atoms with E-state index >= 15 is 0 Å². The Hall–Kier alpha value is -0.560. The van der Waals surface area contributed by atoms with Crippen LogP contribution in [0.3, 0.4) is 0 Å². The van der Waals surface area contributed by atoms with Crippen molar-refractivity contribution in [3.8, 4) is 0 Å². The molecule has 29 heavy (non-hydrogen) atoms. The molecule has 0 radical (unpaired) electrons. The van der Waals surface area contributed by atoms with Gasteiger partial charge in [0.1, 0.15) is 0 Å². The standard InChI is InChI=1S/C28H55N/c1-4-7-8-9-10-11-12-13-14-15-16-17-18-19-20-21-22-23-24-25-28-29(26-5-2)27-6-3/h5-6H,2-4,7-28H2,1H3. The molecule has 0 saturated carbocycles. The van der Waals surface area contributed by atoms with Crippen LogP contribution in [0.2, 0.25) is 0 Å². The minimum atomic E-state index is 0.991. The molecule has 0 amide bonds. The lowest BCUT2D eigenvalue weighted by molar-refractivity contribution is 0.324. The van der Waals surface area contributed by atoms with Gasteiger partial charge in [-0.15, -0.1) is 13.2 Å². The van der Waals surface area contributed by atoms with Crippen molar-refractivity contribution in [2.75, 3.05) is 19.6 Å². The van der Waals surface area contributed by atoms with Crippen LogP contribution in [0.25, 0.3) is 0 Å². The monoisotopic (exact) mass is 405 g/mol. The maximum atomic E-state index is 3.84. The van der Waals surface area contributed by atoms with Crippen LogP contribution >= 0.6 is 0 Å². The van der Waals surface area contributed by atoms with E-state index in [1.165, 1.54) is 135 Å². The molecule has 172 valence electrons. The van der Waals surface area contributed by atoms with E-state index in [1.54, 1.807) is 0 Å². The lowest BCUT2D eigenvalue weighted by Gasteiger charge is -2.18. The second-order valence-corrected chi connectivity index (χ2v) is 9.05. The molecule has 0 saturated heterocycles. The van der Waals surface area contributed by atoms with Crippen molar-refractivity contribution in [2.24, 2.45) is 0 Å². The summed E-state index contributed by atoms with van der Waals surface area (Å²) in [6.07, 6.45) is 32.9. The highest BCUT2D eigenvalue weighted by Gasteiger charge is 2.00. The Balaban J connectivity index is 3.13. The van der Waals surface area contributed by atoms with Gasteiger partial charge in [0.25, 0.3) is 0 Å². The van der Waals surface area contributed by atoms with Gasteiger partial charge in [0.05, 0.1) is 0 Å². The van der Waals surface area contributed by atoms with Crippen LogP contribution in [-0.2, 0) is 0 Å². The van der Waals surface area contributed by atoms with Gasteiger partial charge in [0, 0.05) is 13.1 Å². The van der Waals surface area contributed by atoms with E-state index in [4.69, 9.17) is 0 Å². The van der Waals surface area contributed by atoms with Crippen LogP contribution < -0.4 is 0 Å². The first-order valence-corrected chi connectivity index (χ1v) is 13.3. The highest BCUT2D eigenvalue weighted by Crippen LogP contribution is 2.14. The summed E-state index contributed by atoms with van der Waals surface area (Å²) >= 11 is 0. The summed E-state index contributed by atoms with van der Waals surface area (Å²) in [7, 11) is 0. The van der Waals surface area contributed by atoms with Gasteiger partial charge in [0.15, 0.2) is 0 Å². The van der Waals surface area contributed by atoms with Crippen molar-refractivity contribution in [2.45, 2.75) is 135 Å². The molecular formula is C28H55N. The van der Waals surface area contributed by atoms with Gasteiger partial charge in [-0.1, -0.05) is 141 Å². The predicted molar refractivity (Wildman–Crippen MR) is 135 cm³/mol. The molecular weight excluding hydrogens is 350 g/mol. The number of hydrogen-bond acceptors (Lipinski definition) is 1. The number of rotatable bonds is 25. The van der Waals surface area contributed by atoms with Crippen molar-refractivity contribution < 1.29 is 0 Å². The molecule has 0 aromatic carbocycles. The van der Waals surface area contributed by atoms with Crippen LogP contribution in [0.4, 0.5) is 0 Å². The summed E-state index contributed by atoms with van der Waals surface area (Å²) < 4.78 is 0. The van der Waals surface area contributed by atoms with Gasteiger partial charge in [-0.25, -0.2) is 0 Å². The average Bonchev–Trinajstić information content (AvgIpc) is 2.72. The van der Waals surface area contributed by atoms with Gasteiger partial charge in [-0.2, -0.15) is 0 Å². The quantitative estimate of drug-likeness (QED) is 0.108. The Morgan fingerprint density at radius 2 is 0.724 bits per heavy atom. The topological polar surface area (TPSA) is 3.24 Å². The highest BCUT2D eigenvalue weighted by molar-refractivity contribution is 4.79. The molecule has 1 heteroatoms. The summed E-state index contributed by atoms with van der Waals surface area (Å²) in [5.74, 6) is 0. The molecule has 0 aliphatic carbocycles. The van der Waals surface area contributed by atoms with Crippen LogP contribution in [0.5, 0.6) is 0 Å². The molecule has 0 unspecified atom stereocenters. The van der Waals surface area contributed by atoms with E-state index in [1.807, 2.05) is 12.2 Å². The molecule has 0 rings (SSSR count). The molecule has 0 aromatic rings. The van der Waals surface area contributed by atoms with Crippen molar-refractivity contribution in [1.29, 1.82) is 0 Å². The van der Waals surface area contributed by atoms with E-state index in [0.29, 0.717) is 0 Å². The molecule has 0 N–H and O–H groups in total. The lowest BCUT2D eigenvalue weighted by atomic mass is 10.0. The maximum absolute atomic E-state index is 3.84. The number of hydrogen-bond donors (Lipinski definition) is 0. The molecule has 0 fully saturated rings. The van der Waals surface area contributed by atoms with Crippen LogP contribution in [0, 0.1) is 0 Å². The van der Waals surface area contributed by atoms with E-state index < -0.39 is 0 Å². The van der Waals surface area contributed by atoms with Gasteiger partial charge < -0.3 is 0 Å². The van der Waals surface area contributed by atoms with E-state index in [9.17, 15) is 0 Å².